The lowest BCUT2D eigenvalue weighted by Gasteiger charge is -2.25. The van der Waals surface area contributed by atoms with Gasteiger partial charge in [0.25, 0.3) is 20.0 Å². The van der Waals surface area contributed by atoms with Crippen molar-refractivity contribution in [2.45, 2.75) is 22.9 Å². The molecule has 4 aromatic rings. The molecule has 0 bridgehead atoms. The number of alkyl halides is 3. The summed E-state index contributed by atoms with van der Waals surface area (Å²) in [5.41, 5.74) is -0.828. The highest BCUT2D eigenvalue weighted by Crippen LogP contribution is 2.38. The number of sulfonamides is 2. The van der Waals surface area contributed by atoms with Crippen LogP contribution in [-0.4, -0.2) is 29.3 Å². The number of hydrogen-bond donors (Lipinski definition) is 2. The van der Waals surface area contributed by atoms with E-state index in [0.717, 1.165) is 42.0 Å². The summed E-state index contributed by atoms with van der Waals surface area (Å²) < 4.78 is 109. The van der Waals surface area contributed by atoms with Crippen LogP contribution in [0.5, 0.6) is 0 Å². The van der Waals surface area contributed by atoms with E-state index in [4.69, 9.17) is 11.6 Å². The molecule has 0 saturated heterocycles. The van der Waals surface area contributed by atoms with Gasteiger partial charge in [-0.3, -0.25) is 13.8 Å². The van der Waals surface area contributed by atoms with Crippen molar-refractivity contribution >= 4 is 54.6 Å². The standard InChI is InChI=1S/C28H22ClF4N3O5S2/c1-18-2-11-24(12-3-18)43(40,41)36(22-10-15-26(29)25(16-22)28(31,32)33)17-27(37)34-20-8-13-23(14-9-20)42(38,39)35-21-6-4-19(30)5-7-21/h2-16,35H,17H2,1H3,(H,34,37). The van der Waals surface area contributed by atoms with Gasteiger partial charge < -0.3 is 5.32 Å². The minimum absolute atomic E-state index is 0.0745. The van der Waals surface area contributed by atoms with Gasteiger partial charge in [0.15, 0.2) is 0 Å². The Morgan fingerprint density at radius 2 is 1.37 bits per heavy atom. The van der Waals surface area contributed by atoms with Crippen molar-refractivity contribution in [3.8, 4) is 0 Å². The quantitative estimate of drug-likeness (QED) is 0.202. The second-order valence-corrected chi connectivity index (χ2v) is 13.1. The summed E-state index contributed by atoms with van der Waals surface area (Å²) in [4.78, 5) is 12.5. The first-order valence-corrected chi connectivity index (χ1v) is 15.5. The van der Waals surface area contributed by atoms with Crippen molar-refractivity contribution in [1.82, 2.24) is 0 Å². The summed E-state index contributed by atoms with van der Waals surface area (Å²) in [6.07, 6.45) is -4.90. The lowest BCUT2D eigenvalue weighted by Crippen LogP contribution is -2.38. The number of benzene rings is 4. The van der Waals surface area contributed by atoms with Crippen LogP contribution in [0.3, 0.4) is 0 Å². The Kier molecular flexibility index (Phi) is 9.04. The van der Waals surface area contributed by atoms with Crippen molar-refractivity contribution in [3.05, 3.63) is 113 Å². The Bertz CT molecular complexity index is 1850. The topological polar surface area (TPSA) is 113 Å². The van der Waals surface area contributed by atoms with E-state index in [-0.39, 0.29) is 21.2 Å². The molecule has 0 saturated carbocycles. The third kappa shape index (κ3) is 7.63. The molecule has 4 aromatic carbocycles. The number of aryl methyl sites for hydroxylation is 1. The van der Waals surface area contributed by atoms with Gasteiger partial charge in [-0.15, -0.1) is 0 Å². The van der Waals surface area contributed by atoms with E-state index in [1.54, 1.807) is 6.92 Å². The van der Waals surface area contributed by atoms with Crippen LogP contribution in [0.15, 0.2) is 101 Å². The van der Waals surface area contributed by atoms with Crippen LogP contribution in [0.2, 0.25) is 5.02 Å². The average molecular weight is 656 g/mol. The normalized spacial score (nSPS) is 12.0. The summed E-state index contributed by atoms with van der Waals surface area (Å²) in [6, 6.07) is 17.4. The number of anilines is 3. The zero-order valence-electron chi connectivity index (χ0n) is 22.1. The Morgan fingerprint density at radius 1 is 0.814 bits per heavy atom. The van der Waals surface area contributed by atoms with Crippen molar-refractivity contribution in [3.63, 3.8) is 0 Å². The van der Waals surface area contributed by atoms with E-state index in [9.17, 15) is 39.2 Å². The van der Waals surface area contributed by atoms with Crippen molar-refractivity contribution in [1.29, 1.82) is 0 Å². The molecule has 0 unspecified atom stereocenters. The minimum Gasteiger partial charge on any atom is -0.325 e. The van der Waals surface area contributed by atoms with Crippen LogP contribution in [-0.2, 0) is 31.0 Å². The van der Waals surface area contributed by atoms with Crippen molar-refractivity contribution in [2.24, 2.45) is 0 Å². The highest BCUT2D eigenvalue weighted by molar-refractivity contribution is 7.93. The monoisotopic (exact) mass is 655 g/mol. The van der Waals surface area contributed by atoms with Gasteiger partial charge in [0.1, 0.15) is 12.4 Å². The zero-order valence-corrected chi connectivity index (χ0v) is 24.5. The van der Waals surface area contributed by atoms with Crippen LogP contribution in [0.4, 0.5) is 34.6 Å². The maximum absolute atomic E-state index is 13.6. The Labute approximate surface area is 250 Å². The van der Waals surface area contributed by atoms with Crippen LogP contribution in [0.1, 0.15) is 11.1 Å². The Balaban J connectivity index is 1.59. The van der Waals surface area contributed by atoms with Crippen LogP contribution < -0.4 is 14.3 Å². The van der Waals surface area contributed by atoms with Gasteiger partial charge in [0.2, 0.25) is 5.91 Å². The molecule has 0 aliphatic rings. The number of hydrogen-bond acceptors (Lipinski definition) is 5. The van der Waals surface area contributed by atoms with Gasteiger partial charge in [0.05, 0.1) is 26.1 Å². The molecule has 43 heavy (non-hydrogen) atoms. The lowest BCUT2D eigenvalue weighted by molar-refractivity contribution is -0.137. The van der Waals surface area contributed by atoms with E-state index >= 15 is 0 Å². The molecule has 0 spiro atoms. The number of rotatable bonds is 9. The van der Waals surface area contributed by atoms with E-state index in [2.05, 4.69) is 10.0 Å². The predicted molar refractivity (Wildman–Crippen MR) is 154 cm³/mol. The van der Waals surface area contributed by atoms with Gasteiger partial charge in [0, 0.05) is 11.4 Å². The fraction of sp³-hybridized carbons (Fsp3) is 0.107. The Hall–Kier alpha value is -4.14. The predicted octanol–water partition coefficient (Wildman–Crippen LogP) is 6.44. The fourth-order valence-corrected chi connectivity index (χ4v) is 6.51. The first-order valence-electron chi connectivity index (χ1n) is 12.2. The first-order chi connectivity index (χ1) is 20.1. The highest BCUT2D eigenvalue weighted by Gasteiger charge is 2.35. The fourth-order valence-electron chi connectivity index (χ4n) is 3.82. The van der Waals surface area contributed by atoms with Crippen LogP contribution >= 0.6 is 11.6 Å². The second-order valence-electron chi connectivity index (χ2n) is 9.17. The molecule has 1 amide bonds. The number of amides is 1. The van der Waals surface area contributed by atoms with Crippen LogP contribution in [0.25, 0.3) is 0 Å². The second kappa shape index (κ2) is 12.2. The molecule has 0 fully saturated rings. The minimum atomic E-state index is -4.90. The molecule has 0 aliphatic heterocycles. The van der Waals surface area contributed by atoms with Gasteiger partial charge in [-0.1, -0.05) is 29.3 Å². The summed E-state index contributed by atoms with van der Waals surface area (Å²) in [6.45, 7) is 0.785. The Morgan fingerprint density at radius 3 is 1.95 bits per heavy atom. The van der Waals surface area contributed by atoms with Crippen LogP contribution in [0, 0.1) is 12.7 Å². The molecular formula is C28H22ClF4N3O5S2. The number of halogens is 5. The number of nitrogens with one attached hydrogen (secondary N) is 2. The maximum atomic E-state index is 13.6. The van der Waals surface area contributed by atoms with Gasteiger partial charge >= 0.3 is 6.18 Å². The average Bonchev–Trinajstić information content (AvgIpc) is 2.93. The molecule has 0 radical (unpaired) electrons. The van der Waals surface area contributed by atoms with E-state index in [1.165, 1.54) is 48.5 Å². The highest BCUT2D eigenvalue weighted by atomic mass is 35.5. The molecule has 8 nitrogen and oxygen atoms in total. The lowest BCUT2D eigenvalue weighted by atomic mass is 10.2. The summed E-state index contributed by atoms with van der Waals surface area (Å²) in [5, 5.41) is 1.76. The summed E-state index contributed by atoms with van der Waals surface area (Å²) in [7, 11) is -8.62. The molecule has 226 valence electrons. The van der Waals surface area contributed by atoms with E-state index < -0.39 is 60.8 Å². The number of carbonyl (C=O) groups excluding carboxylic acids is 1. The summed E-state index contributed by atoms with van der Waals surface area (Å²) >= 11 is 5.71. The smallest absolute Gasteiger partial charge is 0.325 e. The third-order valence-corrected chi connectivity index (χ3v) is 9.50. The van der Waals surface area contributed by atoms with E-state index in [1.807, 2.05) is 0 Å². The maximum Gasteiger partial charge on any atom is 0.417 e. The van der Waals surface area contributed by atoms with E-state index in [0.29, 0.717) is 10.4 Å². The number of nitrogens with zero attached hydrogens (tertiary/aromatic N) is 1. The molecule has 2 N–H and O–H groups in total. The largest absolute Gasteiger partial charge is 0.417 e. The number of carbonyl (C=O) groups is 1. The zero-order chi connectivity index (χ0) is 31.6. The SMILES string of the molecule is Cc1ccc(S(=O)(=O)N(CC(=O)Nc2ccc(S(=O)(=O)Nc3ccc(F)cc3)cc2)c2ccc(Cl)c(C(F)(F)F)c2)cc1. The van der Waals surface area contributed by atoms with Crippen molar-refractivity contribution in [2.75, 3.05) is 20.9 Å². The summed E-state index contributed by atoms with van der Waals surface area (Å²) in [5.74, 6) is -1.48. The molecule has 0 atom stereocenters. The van der Waals surface area contributed by atoms with Gasteiger partial charge in [-0.05, 0) is 85.8 Å². The molecule has 0 aromatic heterocycles. The van der Waals surface area contributed by atoms with Gasteiger partial charge in [-0.2, -0.15) is 13.2 Å². The third-order valence-electron chi connectivity index (χ3n) is 5.98. The molecular weight excluding hydrogens is 634 g/mol. The first kappa shape index (κ1) is 31.8. The van der Waals surface area contributed by atoms with Crippen molar-refractivity contribution < 1.29 is 39.2 Å². The molecule has 4 rings (SSSR count). The molecule has 15 heteroatoms. The van der Waals surface area contributed by atoms with Gasteiger partial charge in [-0.25, -0.2) is 21.2 Å². The molecule has 0 heterocycles. The molecule has 0 aliphatic carbocycles.